The Morgan fingerprint density at radius 3 is 2.81 bits per heavy atom. The van der Waals surface area contributed by atoms with Gasteiger partial charge in [0.25, 0.3) is 0 Å². The van der Waals surface area contributed by atoms with E-state index in [1.54, 1.807) is 27.8 Å². The fraction of sp³-hybridized carbons (Fsp3) is 0.143. The lowest BCUT2D eigenvalue weighted by Crippen LogP contribution is -2.02. The van der Waals surface area contributed by atoms with E-state index in [4.69, 9.17) is 5.26 Å². The summed E-state index contributed by atoms with van der Waals surface area (Å²) in [6.45, 7) is 0.695. The average Bonchev–Trinajstić information content (AvgIpc) is 3.18. The van der Waals surface area contributed by atoms with Crippen LogP contribution in [-0.4, -0.2) is 20.2 Å². The monoisotopic (exact) mass is 313 g/mol. The van der Waals surface area contributed by atoms with Crippen LogP contribution in [-0.2, 0) is 12.3 Å². The number of aromatic nitrogens is 4. The molecule has 0 fully saturated rings. The molecule has 3 aromatic rings. The summed E-state index contributed by atoms with van der Waals surface area (Å²) in [6.07, 6.45) is 0. The molecule has 0 unspecified atom stereocenters. The number of thioether (sulfide) groups is 1. The number of rotatable bonds is 5. The summed E-state index contributed by atoms with van der Waals surface area (Å²) in [5.41, 5.74) is 1.82. The molecule has 3 rings (SSSR count). The Bertz CT molecular complexity index is 741. The first-order valence-corrected chi connectivity index (χ1v) is 8.12. The van der Waals surface area contributed by atoms with Crippen LogP contribution in [0.15, 0.2) is 46.9 Å². The first kappa shape index (κ1) is 13.8. The van der Waals surface area contributed by atoms with Crippen LogP contribution in [0, 0.1) is 11.3 Å². The van der Waals surface area contributed by atoms with E-state index in [1.165, 1.54) is 4.88 Å². The maximum atomic E-state index is 8.78. The van der Waals surface area contributed by atoms with E-state index in [1.807, 2.05) is 35.7 Å². The number of thiophene rings is 1. The highest BCUT2D eigenvalue weighted by Crippen LogP contribution is 2.21. The first-order valence-electron chi connectivity index (χ1n) is 6.25. The minimum Gasteiger partial charge on any atom is -0.215 e. The molecule has 21 heavy (non-hydrogen) atoms. The summed E-state index contributed by atoms with van der Waals surface area (Å²) in [5, 5.41) is 23.5. The molecule has 0 radical (unpaired) electrons. The molecule has 0 saturated heterocycles. The second kappa shape index (κ2) is 6.52. The Kier molecular flexibility index (Phi) is 4.28. The van der Waals surface area contributed by atoms with E-state index in [9.17, 15) is 0 Å². The van der Waals surface area contributed by atoms with Crippen molar-refractivity contribution in [1.82, 2.24) is 20.2 Å². The smallest absolute Gasteiger partial charge is 0.209 e. The van der Waals surface area contributed by atoms with Gasteiger partial charge in [0.05, 0.1) is 18.2 Å². The Balaban J connectivity index is 1.65. The third-order valence-electron chi connectivity index (χ3n) is 2.84. The van der Waals surface area contributed by atoms with Gasteiger partial charge >= 0.3 is 0 Å². The van der Waals surface area contributed by atoms with Crippen LogP contribution in [0.3, 0.4) is 0 Å². The predicted octanol–water partition coefficient (Wildman–Crippen LogP) is 2.95. The van der Waals surface area contributed by atoms with Crippen molar-refractivity contribution < 1.29 is 0 Å². The van der Waals surface area contributed by atoms with Gasteiger partial charge < -0.3 is 0 Å². The van der Waals surface area contributed by atoms with E-state index in [-0.39, 0.29) is 0 Å². The summed E-state index contributed by atoms with van der Waals surface area (Å²) in [5.74, 6) is 0.774. The molecule has 0 spiro atoms. The lowest BCUT2D eigenvalue weighted by atomic mass is 10.2. The normalized spacial score (nSPS) is 10.4. The van der Waals surface area contributed by atoms with Crippen molar-refractivity contribution in [2.24, 2.45) is 0 Å². The average molecular weight is 313 g/mol. The molecule has 0 aliphatic rings. The molecule has 104 valence electrons. The van der Waals surface area contributed by atoms with Gasteiger partial charge in [0, 0.05) is 10.6 Å². The van der Waals surface area contributed by atoms with Crippen LogP contribution < -0.4 is 0 Å². The molecule has 2 heterocycles. The molecular weight excluding hydrogens is 302 g/mol. The van der Waals surface area contributed by atoms with E-state index in [0.29, 0.717) is 12.1 Å². The van der Waals surface area contributed by atoms with E-state index >= 15 is 0 Å². The summed E-state index contributed by atoms with van der Waals surface area (Å²) in [4.78, 5) is 1.22. The summed E-state index contributed by atoms with van der Waals surface area (Å²) in [7, 11) is 0. The molecule has 0 aliphatic carbocycles. The van der Waals surface area contributed by atoms with Gasteiger partial charge in [-0.15, -0.1) is 16.4 Å². The van der Waals surface area contributed by atoms with Crippen molar-refractivity contribution in [1.29, 1.82) is 5.26 Å². The Morgan fingerprint density at radius 1 is 1.24 bits per heavy atom. The highest BCUT2D eigenvalue weighted by Gasteiger charge is 2.08. The molecule has 1 aromatic carbocycles. The zero-order valence-corrected chi connectivity index (χ0v) is 12.6. The van der Waals surface area contributed by atoms with Crippen molar-refractivity contribution in [2.75, 3.05) is 0 Å². The van der Waals surface area contributed by atoms with E-state index < -0.39 is 0 Å². The zero-order chi connectivity index (χ0) is 14.5. The minimum atomic E-state index is 0.672. The zero-order valence-electron chi connectivity index (χ0n) is 11.0. The number of nitrogens with zero attached hydrogens (tertiary/aromatic N) is 5. The molecule has 0 amide bonds. The maximum Gasteiger partial charge on any atom is 0.209 e. The van der Waals surface area contributed by atoms with Crippen molar-refractivity contribution >= 4 is 23.1 Å². The fourth-order valence-electron chi connectivity index (χ4n) is 1.77. The van der Waals surface area contributed by atoms with Gasteiger partial charge in [0.1, 0.15) is 0 Å². The molecule has 5 nitrogen and oxygen atoms in total. The Hall–Kier alpha value is -2.17. The molecule has 2 aromatic heterocycles. The van der Waals surface area contributed by atoms with Crippen LogP contribution in [0.2, 0.25) is 0 Å². The summed E-state index contributed by atoms with van der Waals surface area (Å²) < 4.78 is 1.81. The van der Waals surface area contributed by atoms with Crippen LogP contribution in [0.4, 0.5) is 0 Å². The van der Waals surface area contributed by atoms with Gasteiger partial charge in [-0.2, -0.15) is 5.26 Å². The largest absolute Gasteiger partial charge is 0.215 e. The summed E-state index contributed by atoms with van der Waals surface area (Å²) >= 11 is 3.28. The van der Waals surface area contributed by atoms with Crippen LogP contribution in [0.25, 0.3) is 0 Å². The number of hydrogen-bond donors (Lipinski definition) is 0. The van der Waals surface area contributed by atoms with Crippen LogP contribution >= 0.6 is 23.1 Å². The minimum absolute atomic E-state index is 0.672. The number of hydrogen-bond acceptors (Lipinski definition) is 6. The summed E-state index contributed by atoms with van der Waals surface area (Å²) in [6, 6.07) is 13.8. The molecule has 0 aliphatic heterocycles. The van der Waals surface area contributed by atoms with Gasteiger partial charge in [-0.05, 0) is 39.6 Å². The van der Waals surface area contributed by atoms with Gasteiger partial charge in [-0.25, -0.2) is 4.68 Å². The molecule has 7 heteroatoms. The predicted molar refractivity (Wildman–Crippen MR) is 82.0 cm³/mol. The molecular formula is C14H11N5S2. The van der Waals surface area contributed by atoms with Gasteiger partial charge in [-0.1, -0.05) is 30.0 Å². The maximum absolute atomic E-state index is 8.78. The number of benzene rings is 1. The number of nitriles is 1. The Labute approximate surface area is 130 Å². The number of tetrazole rings is 1. The topological polar surface area (TPSA) is 67.4 Å². The second-order valence-corrected chi connectivity index (χ2v) is 6.27. The van der Waals surface area contributed by atoms with E-state index in [0.717, 1.165) is 16.5 Å². The van der Waals surface area contributed by atoms with Crippen molar-refractivity contribution in [3.05, 3.63) is 57.8 Å². The van der Waals surface area contributed by atoms with Gasteiger partial charge in [0.15, 0.2) is 0 Å². The Morgan fingerprint density at radius 2 is 2.10 bits per heavy atom. The third-order valence-corrected chi connectivity index (χ3v) is 4.73. The van der Waals surface area contributed by atoms with Gasteiger partial charge in [0.2, 0.25) is 5.16 Å². The standard InChI is InChI=1S/C14H11N5S2/c15-8-11-3-5-12(6-4-11)10-21-14-16-17-18-19(14)9-13-2-1-7-20-13/h1-7H,9-10H2. The van der Waals surface area contributed by atoms with Crippen molar-refractivity contribution in [3.8, 4) is 6.07 Å². The molecule has 0 N–H and O–H groups in total. The van der Waals surface area contributed by atoms with Crippen molar-refractivity contribution in [3.63, 3.8) is 0 Å². The van der Waals surface area contributed by atoms with Crippen molar-refractivity contribution in [2.45, 2.75) is 17.5 Å². The van der Waals surface area contributed by atoms with Crippen LogP contribution in [0.5, 0.6) is 0 Å². The van der Waals surface area contributed by atoms with E-state index in [2.05, 4.69) is 27.7 Å². The quantitative estimate of drug-likeness (QED) is 0.677. The van der Waals surface area contributed by atoms with Crippen LogP contribution in [0.1, 0.15) is 16.0 Å². The molecule has 0 bridgehead atoms. The fourth-order valence-corrected chi connectivity index (χ4v) is 3.29. The lowest BCUT2D eigenvalue weighted by molar-refractivity contribution is 0.608. The highest BCUT2D eigenvalue weighted by atomic mass is 32.2. The molecule has 0 atom stereocenters. The molecule has 0 saturated carbocycles. The van der Waals surface area contributed by atoms with Gasteiger partial charge in [-0.3, -0.25) is 0 Å². The highest BCUT2D eigenvalue weighted by molar-refractivity contribution is 7.98. The first-order chi connectivity index (χ1) is 10.3. The third kappa shape index (κ3) is 3.48. The SMILES string of the molecule is N#Cc1ccc(CSc2nnnn2Cc2cccs2)cc1. The lowest BCUT2D eigenvalue weighted by Gasteiger charge is -2.03. The second-order valence-electron chi connectivity index (χ2n) is 4.30.